The highest BCUT2D eigenvalue weighted by molar-refractivity contribution is 7.88. The number of hydrogen-bond acceptors (Lipinski definition) is 5. The molecule has 0 spiro atoms. The fourth-order valence-corrected chi connectivity index (χ4v) is 3.86. The van der Waals surface area contributed by atoms with Gasteiger partial charge >= 0.3 is 6.18 Å². The highest BCUT2D eigenvalue weighted by Crippen LogP contribution is 2.29. The van der Waals surface area contributed by atoms with Crippen molar-refractivity contribution in [2.24, 2.45) is 0 Å². The standard InChI is InChI=1S/C20H21ClF4N2O5S/c21-17-5-4-16(9-18(17)22)32-11-19(29)26-7-6-15(28)10-27-33(30,31)12-13-2-1-3-14(8-13)20(23,24)25/h1-5,8-9,15,27-28H,6-7,10-12H2,(H,26,29)/t15-/m0/s1. The highest BCUT2D eigenvalue weighted by atomic mass is 35.5. The van der Waals surface area contributed by atoms with Crippen LogP contribution in [0, 0.1) is 5.82 Å². The number of carbonyl (C=O) groups excluding carboxylic acids is 1. The smallest absolute Gasteiger partial charge is 0.416 e. The Labute approximate surface area is 192 Å². The zero-order valence-corrected chi connectivity index (χ0v) is 18.6. The van der Waals surface area contributed by atoms with E-state index in [9.17, 15) is 35.9 Å². The van der Waals surface area contributed by atoms with E-state index in [2.05, 4.69) is 10.0 Å². The van der Waals surface area contributed by atoms with Gasteiger partial charge in [-0.2, -0.15) is 13.2 Å². The van der Waals surface area contributed by atoms with E-state index in [1.165, 1.54) is 18.2 Å². The molecule has 0 aliphatic carbocycles. The molecule has 1 amide bonds. The summed E-state index contributed by atoms with van der Waals surface area (Å²) >= 11 is 5.54. The monoisotopic (exact) mass is 512 g/mol. The van der Waals surface area contributed by atoms with E-state index in [-0.39, 0.29) is 29.3 Å². The van der Waals surface area contributed by atoms with Gasteiger partial charge in [-0.05, 0) is 30.2 Å². The summed E-state index contributed by atoms with van der Waals surface area (Å²) in [4.78, 5) is 11.7. The quantitative estimate of drug-likeness (QED) is 0.402. The summed E-state index contributed by atoms with van der Waals surface area (Å²) in [5.74, 6) is -1.85. The van der Waals surface area contributed by atoms with E-state index in [4.69, 9.17) is 16.3 Å². The Morgan fingerprint density at radius 3 is 2.58 bits per heavy atom. The molecule has 3 N–H and O–H groups in total. The van der Waals surface area contributed by atoms with Crippen molar-refractivity contribution in [3.8, 4) is 5.75 Å². The van der Waals surface area contributed by atoms with Crippen molar-refractivity contribution >= 4 is 27.5 Å². The molecule has 1 atom stereocenters. The summed E-state index contributed by atoms with van der Waals surface area (Å²) in [5.41, 5.74) is -1.02. The molecule has 13 heteroatoms. The lowest BCUT2D eigenvalue weighted by atomic mass is 10.1. The molecule has 0 aliphatic heterocycles. The van der Waals surface area contributed by atoms with Gasteiger partial charge in [0.1, 0.15) is 11.6 Å². The van der Waals surface area contributed by atoms with Gasteiger partial charge < -0.3 is 15.2 Å². The molecule has 0 aromatic heterocycles. The minimum atomic E-state index is -4.59. The average Bonchev–Trinajstić information content (AvgIpc) is 2.72. The second-order valence-electron chi connectivity index (χ2n) is 6.96. The summed E-state index contributed by atoms with van der Waals surface area (Å²) in [7, 11) is -4.00. The van der Waals surface area contributed by atoms with Crippen LogP contribution < -0.4 is 14.8 Å². The Bertz CT molecular complexity index is 1070. The number of carbonyl (C=O) groups is 1. The van der Waals surface area contributed by atoms with Crippen LogP contribution in [0.25, 0.3) is 0 Å². The Morgan fingerprint density at radius 2 is 1.91 bits per heavy atom. The van der Waals surface area contributed by atoms with Crippen molar-refractivity contribution in [2.45, 2.75) is 24.5 Å². The third-order valence-corrected chi connectivity index (χ3v) is 5.84. The van der Waals surface area contributed by atoms with Crippen molar-refractivity contribution < 1.29 is 40.6 Å². The van der Waals surface area contributed by atoms with Crippen molar-refractivity contribution in [1.82, 2.24) is 10.0 Å². The fraction of sp³-hybridized carbons (Fsp3) is 0.350. The van der Waals surface area contributed by atoms with E-state index in [0.29, 0.717) is 0 Å². The molecule has 0 aliphatic rings. The number of nitrogens with one attached hydrogen (secondary N) is 2. The first-order valence-electron chi connectivity index (χ1n) is 9.52. The van der Waals surface area contributed by atoms with Gasteiger partial charge in [0.25, 0.3) is 5.91 Å². The number of sulfonamides is 1. The van der Waals surface area contributed by atoms with Crippen molar-refractivity contribution in [3.05, 3.63) is 64.4 Å². The van der Waals surface area contributed by atoms with Crippen LogP contribution >= 0.6 is 11.6 Å². The molecule has 2 aromatic rings. The SMILES string of the molecule is O=C(COc1ccc(Cl)c(F)c1)NCC[C@H](O)CNS(=O)(=O)Cc1cccc(C(F)(F)F)c1. The maximum atomic E-state index is 13.3. The third kappa shape index (κ3) is 9.54. The maximum Gasteiger partial charge on any atom is 0.416 e. The number of alkyl halides is 3. The molecule has 0 heterocycles. The van der Waals surface area contributed by atoms with E-state index in [1.54, 1.807) is 0 Å². The van der Waals surface area contributed by atoms with E-state index < -0.39 is 58.5 Å². The minimum Gasteiger partial charge on any atom is -0.484 e. The highest BCUT2D eigenvalue weighted by Gasteiger charge is 2.30. The lowest BCUT2D eigenvalue weighted by molar-refractivity contribution is -0.137. The summed E-state index contributed by atoms with van der Waals surface area (Å²) in [6.45, 7) is -0.813. The molecule has 0 fully saturated rings. The predicted octanol–water partition coefficient (Wildman–Crippen LogP) is 2.86. The number of rotatable bonds is 11. The van der Waals surface area contributed by atoms with E-state index >= 15 is 0 Å². The van der Waals surface area contributed by atoms with Crippen LogP contribution in [0.4, 0.5) is 17.6 Å². The molecule has 0 saturated carbocycles. The van der Waals surface area contributed by atoms with E-state index in [0.717, 1.165) is 24.3 Å². The molecule has 33 heavy (non-hydrogen) atoms. The number of benzene rings is 2. The molecule has 7 nitrogen and oxygen atoms in total. The van der Waals surface area contributed by atoms with Crippen molar-refractivity contribution in [3.63, 3.8) is 0 Å². The maximum absolute atomic E-state index is 13.3. The number of aliphatic hydroxyl groups is 1. The van der Waals surface area contributed by atoms with Crippen molar-refractivity contribution in [1.29, 1.82) is 0 Å². The lowest BCUT2D eigenvalue weighted by Crippen LogP contribution is -2.36. The normalized spacial score (nSPS) is 12.9. The third-order valence-electron chi connectivity index (χ3n) is 4.21. The molecule has 2 rings (SSSR count). The first kappa shape index (κ1) is 26.8. The number of hydrogen-bond donors (Lipinski definition) is 3. The molecule has 182 valence electrons. The van der Waals surface area contributed by atoms with Gasteiger partial charge in [-0.3, -0.25) is 4.79 Å². The molecular formula is C20H21ClF4N2O5S. The molecule has 0 radical (unpaired) electrons. The summed E-state index contributed by atoms with van der Waals surface area (Å²) in [6.07, 6.45) is -5.76. The first-order chi connectivity index (χ1) is 15.4. The molecule has 2 aromatic carbocycles. The fourth-order valence-electron chi connectivity index (χ4n) is 2.58. The van der Waals surface area contributed by atoms with Gasteiger partial charge in [-0.1, -0.05) is 29.8 Å². The van der Waals surface area contributed by atoms with Crippen LogP contribution in [0.3, 0.4) is 0 Å². The Hall–Kier alpha value is -2.41. The van der Waals surface area contributed by atoms with E-state index in [1.807, 2.05) is 0 Å². The van der Waals surface area contributed by atoms with Gasteiger partial charge in [0.15, 0.2) is 6.61 Å². The zero-order valence-electron chi connectivity index (χ0n) is 17.0. The molecule has 0 saturated heterocycles. The van der Waals surface area contributed by atoms with Gasteiger partial charge in [0.2, 0.25) is 10.0 Å². The molecule has 0 bridgehead atoms. The predicted molar refractivity (Wildman–Crippen MR) is 113 cm³/mol. The summed E-state index contributed by atoms with van der Waals surface area (Å²) in [6, 6.07) is 7.61. The molecular weight excluding hydrogens is 492 g/mol. The average molecular weight is 513 g/mol. The van der Waals surface area contributed by atoms with Gasteiger partial charge in [0.05, 0.1) is 22.4 Å². The van der Waals surface area contributed by atoms with Crippen LogP contribution in [0.2, 0.25) is 5.02 Å². The summed E-state index contributed by atoms with van der Waals surface area (Å²) in [5, 5.41) is 12.2. The second kappa shape index (κ2) is 11.6. The zero-order chi connectivity index (χ0) is 24.6. The first-order valence-corrected chi connectivity index (χ1v) is 11.5. The number of aliphatic hydroxyl groups excluding tert-OH is 1. The van der Waals surface area contributed by atoms with Gasteiger partial charge in [-0.15, -0.1) is 0 Å². The number of ether oxygens (including phenoxy) is 1. The van der Waals surface area contributed by atoms with Gasteiger partial charge in [-0.25, -0.2) is 17.5 Å². The number of amides is 1. The van der Waals surface area contributed by atoms with Crippen LogP contribution in [0.15, 0.2) is 42.5 Å². The van der Waals surface area contributed by atoms with Crippen LogP contribution in [-0.2, 0) is 26.7 Å². The van der Waals surface area contributed by atoms with Crippen LogP contribution in [-0.4, -0.2) is 45.2 Å². The Kier molecular flexibility index (Phi) is 9.46. The summed E-state index contributed by atoms with van der Waals surface area (Å²) < 4.78 is 82.9. The van der Waals surface area contributed by atoms with Crippen molar-refractivity contribution in [2.75, 3.05) is 19.7 Å². The number of halogens is 5. The Balaban J connectivity index is 1.71. The van der Waals surface area contributed by atoms with Crippen LogP contribution in [0.5, 0.6) is 5.75 Å². The molecule has 0 unspecified atom stereocenters. The minimum absolute atomic E-state index is 0.00626. The van der Waals surface area contributed by atoms with Gasteiger partial charge in [0, 0.05) is 19.2 Å². The Morgan fingerprint density at radius 1 is 1.18 bits per heavy atom. The topological polar surface area (TPSA) is 105 Å². The second-order valence-corrected chi connectivity index (χ2v) is 9.18. The lowest BCUT2D eigenvalue weighted by Gasteiger charge is -2.14. The van der Waals surface area contributed by atoms with Crippen LogP contribution in [0.1, 0.15) is 17.5 Å². The largest absolute Gasteiger partial charge is 0.484 e.